The molecule has 0 bridgehead atoms. The summed E-state index contributed by atoms with van der Waals surface area (Å²) >= 11 is 0. The van der Waals surface area contributed by atoms with Crippen molar-refractivity contribution in [2.45, 2.75) is 0 Å². The van der Waals surface area contributed by atoms with Crippen LogP contribution >= 0.6 is 0 Å². The molecule has 0 atom stereocenters. The van der Waals surface area contributed by atoms with Crippen LogP contribution < -0.4 is 0 Å². The molecule has 0 aliphatic heterocycles. The smallest absolute Gasteiger partial charge is 0.143 e. The summed E-state index contributed by atoms with van der Waals surface area (Å²) in [5.41, 5.74) is 9.30. The van der Waals surface area contributed by atoms with Crippen LogP contribution in [-0.4, -0.2) is 0 Å². The summed E-state index contributed by atoms with van der Waals surface area (Å²) in [6.07, 6.45) is 0. The highest BCUT2D eigenvalue weighted by Crippen LogP contribution is 2.47. The highest BCUT2D eigenvalue weighted by atomic mass is 16.3. The first-order chi connectivity index (χ1) is 23.3. The van der Waals surface area contributed by atoms with Gasteiger partial charge in [0.2, 0.25) is 0 Å². The standard InChI is InChI=1S/C46H28O/c1-3-15-32-29(12-1)14-11-23-34(32)35-17-5-6-18-36(35)45-39-21-9-7-19-37(39)44(38-20-8-10-22-40(38)45)31-25-27-43-42(28-31)41-26-24-30-13-2-4-16-33(30)46(41)47-43/h1-28H. The van der Waals surface area contributed by atoms with E-state index in [1.54, 1.807) is 0 Å². The van der Waals surface area contributed by atoms with Gasteiger partial charge < -0.3 is 4.42 Å². The number of hydrogen-bond acceptors (Lipinski definition) is 1. The molecule has 1 aromatic heterocycles. The molecule has 1 heteroatoms. The molecule has 0 aliphatic rings. The Kier molecular flexibility index (Phi) is 5.64. The molecular weight excluding hydrogens is 569 g/mol. The molecule has 1 nitrogen and oxygen atoms in total. The molecule has 218 valence electrons. The molecule has 0 spiro atoms. The van der Waals surface area contributed by atoms with E-state index in [1.807, 2.05) is 0 Å². The van der Waals surface area contributed by atoms with Crippen molar-refractivity contribution < 1.29 is 4.42 Å². The Labute approximate surface area is 271 Å². The minimum atomic E-state index is 0.911. The summed E-state index contributed by atoms with van der Waals surface area (Å²) in [6, 6.07) is 61.6. The molecule has 1 heterocycles. The lowest BCUT2D eigenvalue weighted by molar-refractivity contribution is 0.672. The molecule has 47 heavy (non-hydrogen) atoms. The fourth-order valence-electron chi connectivity index (χ4n) is 7.79. The van der Waals surface area contributed by atoms with Crippen LogP contribution in [0.25, 0.3) is 98.4 Å². The van der Waals surface area contributed by atoms with Crippen LogP contribution in [0.4, 0.5) is 0 Å². The summed E-state index contributed by atoms with van der Waals surface area (Å²) in [6.45, 7) is 0. The molecule has 0 radical (unpaired) electrons. The van der Waals surface area contributed by atoms with Crippen LogP contribution in [0.2, 0.25) is 0 Å². The lowest BCUT2D eigenvalue weighted by atomic mass is 9.83. The quantitative estimate of drug-likeness (QED) is 0.185. The third kappa shape index (κ3) is 3.90. The topological polar surface area (TPSA) is 13.1 Å². The van der Waals surface area contributed by atoms with Crippen molar-refractivity contribution in [3.05, 3.63) is 170 Å². The van der Waals surface area contributed by atoms with Gasteiger partial charge >= 0.3 is 0 Å². The summed E-state index contributed by atoms with van der Waals surface area (Å²) < 4.78 is 6.49. The Morgan fingerprint density at radius 3 is 1.55 bits per heavy atom. The Morgan fingerprint density at radius 2 is 0.830 bits per heavy atom. The monoisotopic (exact) mass is 596 g/mol. The molecule has 10 aromatic rings. The van der Waals surface area contributed by atoms with Crippen molar-refractivity contribution in [1.82, 2.24) is 0 Å². The third-order valence-electron chi connectivity index (χ3n) is 9.86. The molecule has 0 saturated carbocycles. The van der Waals surface area contributed by atoms with Gasteiger partial charge in [0.1, 0.15) is 11.2 Å². The zero-order valence-corrected chi connectivity index (χ0v) is 25.6. The molecule has 0 fully saturated rings. The number of benzene rings is 9. The van der Waals surface area contributed by atoms with Gasteiger partial charge in [0.05, 0.1) is 0 Å². The van der Waals surface area contributed by atoms with E-state index in [0.717, 1.165) is 27.3 Å². The maximum Gasteiger partial charge on any atom is 0.143 e. The van der Waals surface area contributed by atoms with Crippen LogP contribution in [-0.2, 0) is 0 Å². The molecule has 0 N–H and O–H groups in total. The van der Waals surface area contributed by atoms with E-state index in [1.165, 1.54) is 71.1 Å². The van der Waals surface area contributed by atoms with Crippen molar-refractivity contribution in [1.29, 1.82) is 0 Å². The first kappa shape index (κ1) is 26.1. The summed E-state index contributed by atoms with van der Waals surface area (Å²) in [5, 5.41) is 12.1. The van der Waals surface area contributed by atoms with Gasteiger partial charge in [-0.25, -0.2) is 0 Å². The lowest BCUT2D eigenvalue weighted by Gasteiger charge is -2.20. The fourth-order valence-corrected chi connectivity index (χ4v) is 7.79. The highest BCUT2D eigenvalue weighted by Gasteiger charge is 2.20. The van der Waals surface area contributed by atoms with Crippen LogP contribution in [0.3, 0.4) is 0 Å². The Hall–Kier alpha value is -6.18. The Bertz CT molecular complexity index is 2790. The van der Waals surface area contributed by atoms with Gasteiger partial charge in [-0.2, -0.15) is 0 Å². The molecule has 0 unspecified atom stereocenters. The lowest BCUT2D eigenvalue weighted by Crippen LogP contribution is -1.93. The molecule has 0 saturated heterocycles. The largest absolute Gasteiger partial charge is 0.455 e. The van der Waals surface area contributed by atoms with Crippen LogP contribution in [0, 0.1) is 0 Å². The van der Waals surface area contributed by atoms with Crippen LogP contribution in [0.5, 0.6) is 0 Å². The zero-order valence-electron chi connectivity index (χ0n) is 25.6. The maximum absolute atomic E-state index is 6.49. The average molecular weight is 597 g/mol. The summed E-state index contributed by atoms with van der Waals surface area (Å²) in [5.74, 6) is 0. The van der Waals surface area contributed by atoms with E-state index in [-0.39, 0.29) is 0 Å². The molecule has 10 rings (SSSR count). The predicted molar refractivity (Wildman–Crippen MR) is 200 cm³/mol. The fraction of sp³-hybridized carbons (Fsp3) is 0. The van der Waals surface area contributed by atoms with Gasteiger partial charge in [0, 0.05) is 16.2 Å². The van der Waals surface area contributed by atoms with Gasteiger partial charge in [-0.3, -0.25) is 0 Å². The van der Waals surface area contributed by atoms with E-state index < -0.39 is 0 Å². The van der Waals surface area contributed by atoms with Gasteiger partial charge in [-0.15, -0.1) is 0 Å². The molecule has 0 aliphatic carbocycles. The number of rotatable bonds is 3. The molecular formula is C46H28O. The van der Waals surface area contributed by atoms with Crippen molar-refractivity contribution in [3.8, 4) is 33.4 Å². The van der Waals surface area contributed by atoms with Gasteiger partial charge in [-0.05, 0) is 89.3 Å². The molecule has 9 aromatic carbocycles. The van der Waals surface area contributed by atoms with Crippen molar-refractivity contribution in [2.24, 2.45) is 0 Å². The third-order valence-corrected chi connectivity index (χ3v) is 9.86. The van der Waals surface area contributed by atoms with E-state index in [0.29, 0.717) is 0 Å². The minimum absolute atomic E-state index is 0.911. The molecule has 0 amide bonds. The van der Waals surface area contributed by atoms with E-state index in [9.17, 15) is 0 Å². The van der Waals surface area contributed by atoms with Crippen molar-refractivity contribution in [3.63, 3.8) is 0 Å². The first-order valence-corrected chi connectivity index (χ1v) is 16.2. The second-order valence-electron chi connectivity index (χ2n) is 12.4. The maximum atomic E-state index is 6.49. The van der Waals surface area contributed by atoms with E-state index in [4.69, 9.17) is 4.42 Å². The second-order valence-corrected chi connectivity index (χ2v) is 12.4. The highest BCUT2D eigenvalue weighted by molar-refractivity contribution is 6.24. The van der Waals surface area contributed by atoms with Crippen LogP contribution in [0.1, 0.15) is 0 Å². The number of hydrogen-bond donors (Lipinski definition) is 0. The Balaban J connectivity index is 1.27. The van der Waals surface area contributed by atoms with E-state index in [2.05, 4.69) is 170 Å². The Morgan fingerprint density at radius 1 is 0.298 bits per heavy atom. The van der Waals surface area contributed by atoms with Crippen molar-refractivity contribution >= 4 is 65.0 Å². The van der Waals surface area contributed by atoms with Crippen LogP contribution in [0.15, 0.2) is 174 Å². The van der Waals surface area contributed by atoms with Gasteiger partial charge in [0.25, 0.3) is 0 Å². The number of furan rings is 1. The van der Waals surface area contributed by atoms with Gasteiger partial charge in [-0.1, -0.05) is 152 Å². The average Bonchev–Trinajstić information content (AvgIpc) is 3.52. The van der Waals surface area contributed by atoms with E-state index >= 15 is 0 Å². The van der Waals surface area contributed by atoms with Crippen molar-refractivity contribution in [2.75, 3.05) is 0 Å². The zero-order chi connectivity index (χ0) is 30.9. The summed E-state index contributed by atoms with van der Waals surface area (Å²) in [7, 11) is 0. The second kappa shape index (κ2) is 10.2. The SMILES string of the molecule is c1ccc(-c2c3ccccc3c(-c3ccc4oc5c6ccccc6ccc5c4c3)c3ccccc23)c(-c2cccc3ccccc23)c1. The summed E-state index contributed by atoms with van der Waals surface area (Å²) in [4.78, 5) is 0. The first-order valence-electron chi connectivity index (χ1n) is 16.2. The minimum Gasteiger partial charge on any atom is -0.455 e. The normalized spacial score (nSPS) is 11.8. The predicted octanol–water partition coefficient (Wildman–Crippen LogP) is 13.2. The number of fused-ring (bicyclic) bond motifs is 8. The van der Waals surface area contributed by atoms with Gasteiger partial charge in [0.15, 0.2) is 0 Å².